The number of hydrogen-bond acceptors (Lipinski definition) is 5. The molecule has 0 amide bonds. The highest BCUT2D eigenvalue weighted by atomic mass is 16.6. The van der Waals surface area contributed by atoms with Gasteiger partial charge in [0.1, 0.15) is 0 Å². The van der Waals surface area contributed by atoms with Crippen molar-refractivity contribution in [1.82, 2.24) is 14.7 Å². The number of rotatable bonds is 6. The second-order valence-electron chi connectivity index (χ2n) is 6.94. The maximum Gasteiger partial charge on any atom is 0.269 e. The summed E-state index contributed by atoms with van der Waals surface area (Å²) in [6, 6.07) is 6.49. The van der Waals surface area contributed by atoms with E-state index in [4.69, 9.17) is 0 Å². The van der Waals surface area contributed by atoms with Crippen LogP contribution in [0.2, 0.25) is 0 Å². The predicted molar refractivity (Wildman–Crippen MR) is 95.0 cm³/mol. The summed E-state index contributed by atoms with van der Waals surface area (Å²) in [6.07, 6.45) is 4.87. The van der Waals surface area contributed by atoms with Gasteiger partial charge in [-0.15, -0.1) is 0 Å². The average molecular weight is 344 g/mol. The summed E-state index contributed by atoms with van der Waals surface area (Å²) in [7, 11) is 3.93. The lowest BCUT2D eigenvalue weighted by Crippen LogP contribution is -2.29. The van der Waals surface area contributed by atoms with Crippen molar-refractivity contribution in [2.45, 2.75) is 31.9 Å². The second kappa shape index (κ2) is 7.33. The SMILES string of the molecule is CN(Cc1cn(C)nc1-c1ccc([N+](=O)[O-])cc1)CC1CCCC1O. The minimum atomic E-state index is -0.399. The normalized spacial score (nSPS) is 20.3. The van der Waals surface area contributed by atoms with E-state index in [2.05, 4.69) is 17.0 Å². The van der Waals surface area contributed by atoms with E-state index in [1.807, 2.05) is 13.2 Å². The molecule has 1 aliphatic rings. The Bertz CT molecular complexity index is 741. The topological polar surface area (TPSA) is 84.4 Å². The zero-order valence-electron chi connectivity index (χ0n) is 14.6. The molecule has 0 aliphatic heterocycles. The van der Waals surface area contributed by atoms with Crippen molar-refractivity contribution in [3.8, 4) is 11.3 Å². The van der Waals surface area contributed by atoms with Crippen LogP contribution in [0.4, 0.5) is 5.69 Å². The molecule has 2 unspecified atom stereocenters. The van der Waals surface area contributed by atoms with Gasteiger partial charge in [-0.3, -0.25) is 14.8 Å². The molecule has 0 bridgehead atoms. The molecule has 1 N–H and O–H groups in total. The minimum Gasteiger partial charge on any atom is -0.393 e. The molecule has 2 aromatic rings. The zero-order valence-corrected chi connectivity index (χ0v) is 14.6. The molecule has 0 spiro atoms. The predicted octanol–water partition coefficient (Wildman–Crippen LogP) is 2.59. The summed E-state index contributed by atoms with van der Waals surface area (Å²) in [5.74, 6) is 0.337. The van der Waals surface area contributed by atoms with Crippen LogP contribution in [0, 0.1) is 16.0 Å². The molecule has 0 saturated heterocycles. The van der Waals surface area contributed by atoms with Gasteiger partial charge in [0.15, 0.2) is 0 Å². The van der Waals surface area contributed by atoms with E-state index in [1.54, 1.807) is 16.8 Å². The summed E-state index contributed by atoms with van der Waals surface area (Å²) < 4.78 is 1.77. The molecule has 134 valence electrons. The molecule has 1 saturated carbocycles. The van der Waals surface area contributed by atoms with E-state index in [9.17, 15) is 15.2 Å². The van der Waals surface area contributed by atoms with Gasteiger partial charge in [-0.05, 0) is 37.9 Å². The van der Waals surface area contributed by atoms with Gasteiger partial charge in [0.05, 0.1) is 16.7 Å². The summed E-state index contributed by atoms with van der Waals surface area (Å²) in [5.41, 5.74) is 2.87. The first-order valence-electron chi connectivity index (χ1n) is 8.58. The third-order valence-electron chi connectivity index (χ3n) is 4.86. The summed E-state index contributed by atoms with van der Waals surface area (Å²) in [4.78, 5) is 12.6. The Morgan fingerprint density at radius 2 is 2.08 bits per heavy atom. The summed E-state index contributed by atoms with van der Waals surface area (Å²) in [5, 5.41) is 25.4. The lowest BCUT2D eigenvalue weighted by atomic mass is 10.0. The highest BCUT2D eigenvalue weighted by Gasteiger charge is 2.26. The number of aromatic nitrogens is 2. The van der Waals surface area contributed by atoms with Gasteiger partial charge in [0.25, 0.3) is 5.69 Å². The molecule has 0 radical (unpaired) electrons. The molecule has 1 aliphatic carbocycles. The largest absolute Gasteiger partial charge is 0.393 e. The van der Waals surface area contributed by atoms with Crippen LogP contribution in [0.15, 0.2) is 30.5 Å². The van der Waals surface area contributed by atoms with E-state index in [0.29, 0.717) is 5.92 Å². The number of non-ortho nitro benzene ring substituents is 1. The standard InChI is InChI=1S/C18H24N4O3/c1-20(10-14-4-3-5-17(14)23)11-15-12-21(2)19-18(15)13-6-8-16(9-7-13)22(24)25/h6-9,12,14,17,23H,3-5,10-11H2,1-2H3. The van der Waals surface area contributed by atoms with Gasteiger partial charge in [-0.25, -0.2) is 0 Å². The third kappa shape index (κ3) is 4.05. The minimum absolute atomic E-state index is 0.0774. The van der Waals surface area contributed by atoms with E-state index in [1.165, 1.54) is 12.1 Å². The average Bonchev–Trinajstić information content (AvgIpc) is 3.13. The Balaban J connectivity index is 1.75. The van der Waals surface area contributed by atoms with Crippen LogP contribution in [-0.4, -0.2) is 44.4 Å². The van der Waals surface area contributed by atoms with Crippen LogP contribution < -0.4 is 0 Å². The molecule has 1 aromatic heterocycles. The molecule has 1 fully saturated rings. The van der Waals surface area contributed by atoms with Gasteiger partial charge >= 0.3 is 0 Å². The summed E-state index contributed by atoms with van der Waals surface area (Å²) in [6.45, 7) is 1.58. The summed E-state index contributed by atoms with van der Waals surface area (Å²) >= 11 is 0. The van der Waals surface area contributed by atoms with Crippen molar-refractivity contribution >= 4 is 5.69 Å². The lowest BCUT2D eigenvalue weighted by molar-refractivity contribution is -0.384. The van der Waals surface area contributed by atoms with E-state index in [-0.39, 0.29) is 11.8 Å². The fraction of sp³-hybridized carbons (Fsp3) is 0.500. The Labute approximate surface area is 147 Å². The molecule has 1 heterocycles. The first-order valence-corrected chi connectivity index (χ1v) is 8.58. The molecule has 2 atom stereocenters. The third-order valence-corrected chi connectivity index (χ3v) is 4.86. The van der Waals surface area contributed by atoms with Crippen molar-refractivity contribution in [2.24, 2.45) is 13.0 Å². The highest BCUT2D eigenvalue weighted by Crippen LogP contribution is 2.28. The Morgan fingerprint density at radius 1 is 1.36 bits per heavy atom. The maximum absolute atomic E-state index is 10.8. The van der Waals surface area contributed by atoms with E-state index in [0.717, 1.165) is 49.2 Å². The van der Waals surface area contributed by atoms with Crippen LogP contribution in [0.3, 0.4) is 0 Å². The monoisotopic (exact) mass is 344 g/mol. The molecule has 7 heteroatoms. The van der Waals surface area contributed by atoms with Crippen molar-refractivity contribution in [3.05, 3.63) is 46.1 Å². The van der Waals surface area contributed by atoms with Crippen LogP contribution in [-0.2, 0) is 13.6 Å². The Hall–Kier alpha value is -2.25. The van der Waals surface area contributed by atoms with Gasteiger partial charge in [0, 0.05) is 49.6 Å². The number of nitro benzene ring substituents is 1. The van der Waals surface area contributed by atoms with Gasteiger partial charge in [0.2, 0.25) is 0 Å². The quantitative estimate of drug-likeness (QED) is 0.643. The smallest absolute Gasteiger partial charge is 0.269 e. The molecular formula is C18H24N4O3. The number of nitro groups is 1. The van der Waals surface area contributed by atoms with Crippen molar-refractivity contribution in [1.29, 1.82) is 0 Å². The van der Waals surface area contributed by atoms with Crippen molar-refractivity contribution in [3.63, 3.8) is 0 Å². The first-order chi connectivity index (χ1) is 11.9. The molecule has 3 rings (SSSR count). The number of aliphatic hydroxyl groups excluding tert-OH is 1. The lowest BCUT2D eigenvalue weighted by Gasteiger charge is -2.23. The molecule has 1 aromatic carbocycles. The van der Waals surface area contributed by atoms with Crippen LogP contribution >= 0.6 is 0 Å². The van der Waals surface area contributed by atoms with Crippen molar-refractivity contribution in [2.75, 3.05) is 13.6 Å². The zero-order chi connectivity index (χ0) is 18.0. The number of benzene rings is 1. The van der Waals surface area contributed by atoms with Gasteiger partial charge in [-0.2, -0.15) is 5.10 Å². The number of nitrogens with zero attached hydrogens (tertiary/aromatic N) is 4. The molecule has 7 nitrogen and oxygen atoms in total. The Kier molecular flexibility index (Phi) is 5.15. The van der Waals surface area contributed by atoms with Crippen LogP contribution in [0.5, 0.6) is 0 Å². The molecular weight excluding hydrogens is 320 g/mol. The van der Waals surface area contributed by atoms with Crippen LogP contribution in [0.25, 0.3) is 11.3 Å². The maximum atomic E-state index is 10.8. The Morgan fingerprint density at radius 3 is 2.68 bits per heavy atom. The van der Waals surface area contributed by atoms with E-state index < -0.39 is 4.92 Å². The molecule has 25 heavy (non-hydrogen) atoms. The fourth-order valence-corrected chi connectivity index (χ4v) is 3.62. The number of aliphatic hydroxyl groups is 1. The number of aryl methyl sites for hydroxylation is 1. The first kappa shape index (κ1) is 17.6. The van der Waals surface area contributed by atoms with Gasteiger partial charge < -0.3 is 10.0 Å². The number of hydrogen-bond donors (Lipinski definition) is 1. The fourth-order valence-electron chi connectivity index (χ4n) is 3.62. The van der Waals surface area contributed by atoms with Crippen LogP contribution in [0.1, 0.15) is 24.8 Å². The second-order valence-corrected chi connectivity index (χ2v) is 6.94. The van der Waals surface area contributed by atoms with Crippen molar-refractivity contribution < 1.29 is 10.0 Å². The van der Waals surface area contributed by atoms with Gasteiger partial charge in [-0.1, -0.05) is 6.42 Å². The highest BCUT2D eigenvalue weighted by molar-refractivity contribution is 5.64. The van der Waals surface area contributed by atoms with E-state index >= 15 is 0 Å².